The molecule has 0 bridgehead atoms. The maximum Gasteiger partial charge on any atom is 0.271 e. The molecule has 0 fully saturated rings. The molecule has 1 amide bonds. The fourth-order valence-corrected chi connectivity index (χ4v) is 2.71. The van der Waals surface area contributed by atoms with Gasteiger partial charge in [-0.1, -0.05) is 26.0 Å². The molecule has 5 nitrogen and oxygen atoms in total. The van der Waals surface area contributed by atoms with Crippen LogP contribution in [0, 0.1) is 15.9 Å². The number of nitrogens with one attached hydrogen (secondary N) is 1. The summed E-state index contributed by atoms with van der Waals surface area (Å²) in [5, 5.41) is 13.1. The first-order chi connectivity index (χ1) is 11.4. The van der Waals surface area contributed by atoms with Gasteiger partial charge < -0.3 is 5.32 Å². The topological polar surface area (TPSA) is 72.2 Å². The van der Waals surface area contributed by atoms with Crippen molar-refractivity contribution in [1.82, 2.24) is 0 Å². The molecule has 0 atom stereocenters. The standard InChI is InChI=1S/C17H17FN2O3S/c1-11(2)12-3-6-14(7-4-12)24-10-17(21)19-16-9-13(20(22)23)5-8-15(16)18/h3-9,11H,10H2,1-2H3,(H,19,21). The Morgan fingerprint density at radius 2 is 1.92 bits per heavy atom. The van der Waals surface area contributed by atoms with Gasteiger partial charge in [-0.05, 0) is 29.7 Å². The Labute approximate surface area is 143 Å². The first kappa shape index (κ1) is 17.9. The van der Waals surface area contributed by atoms with Crippen LogP contribution in [0.25, 0.3) is 0 Å². The van der Waals surface area contributed by atoms with Crippen LogP contribution in [0.1, 0.15) is 25.3 Å². The maximum atomic E-state index is 13.6. The van der Waals surface area contributed by atoms with Crippen LogP contribution in [0.4, 0.5) is 15.8 Å². The molecule has 0 radical (unpaired) electrons. The lowest BCUT2D eigenvalue weighted by atomic mass is 10.0. The number of carbonyl (C=O) groups excluding carboxylic acids is 1. The molecule has 126 valence electrons. The van der Waals surface area contributed by atoms with E-state index in [1.54, 1.807) is 0 Å². The van der Waals surface area contributed by atoms with E-state index >= 15 is 0 Å². The summed E-state index contributed by atoms with van der Waals surface area (Å²) in [5.41, 5.74) is 0.746. The van der Waals surface area contributed by atoms with Crippen LogP contribution in [0.15, 0.2) is 47.4 Å². The molecule has 0 heterocycles. The molecule has 0 aromatic heterocycles. The summed E-state index contributed by atoms with van der Waals surface area (Å²) < 4.78 is 13.6. The van der Waals surface area contributed by atoms with Gasteiger partial charge in [-0.2, -0.15) is 0 Å². The van der Waals surface area contributed by atoms with Crippen LogP contribution >= 0.6 is 11.8 Å². The number of nitro groups is 1. The number of nitrogens with zero attached hydrogens (tertiary/aromatic N) is 1. The lowest BCUT2D eigenvalue weighted by molar-refractivity contribution is -0.384. The number of thioether (sulfide) groups is 1. The number of nitro benzene ring substituents is 1. The fourth-order valence-electron chi connectivity index (χ4n) is 2.01. The van der Waals surface area contributed by atoms with Gasteiger partial charge in [0.1, 0.15) is 5.82 Å². The molecule has 0 aliphatic carbocycles. The van der Waals surface area contributed by atoms with E-state index in [2.05, 4.69) is 19.2 Å². The Morgan fingerprint density at radius 3 is 2.50 bits per heavy atom. The van der Waals surface area contributed by atoms with Gasteiger partial charge in [0.05, 0.1) is 16.4 Å². The van der Waals surface area contributed by atoms with Gasteiger partial charge in [-0.25, -0.2) is 4.39 Å². The van der Waals surface area contributed by atoms with Crippen LogP contribution in [0.5, 0.6) is 0 Å². The van der Waals surface area contributed by atoms with Gasteiger partial charge >= 0.3 is 0 Å². The number of hydrogen-bond acceptors (Lipinski definition) is 4. The normalized spacial score (nSPS) is 10.7. The summed E-state index contributed by atoms with van der Waals surface area (Å²) in [6.07, 6.45) is 0. The Morgan fingerprint density at radius 1 is 1.25 bits per heavy atom. The van der Waals surface area contributed by atoms with E-state index in [-0.39, 0.29) is 17.1 Å². The van der Waals surface area contributed by atoms with Crippen molar-refractivity contribution in [1.29, 1.82) is 0 Å². The first-order valence-corrected chi connectivity index (χ1v) is 8.32. The number of non-ortho nitro benzene ring substituents is 1. The third-order valence-electron chi connectivity index (χ3n) is 3.35. The zero-order valence-corrected chi connectivity index (χ0v) is 14.1. The van der Waals surface area contributed by atoms with Crippen LogP contribution in [-0.2, 0) is 4.79 Å². The van der Waals surface area contributed by atoms with E-state index in [4.69, 9.17) is 0 Å². The van der Waals surface area contributed by atoms with Gasteiger partial charge in [0.25, 0.3) is 5.69 Å². The fraction of sp³-hybridized carbons (Fsp3) is 0.235. The molecule has 1 N–H and O–H groups in total. The summed E-state index contributed by atoms with van der Waals surface area (Å²) in [6.45, 7) is 4.20. The third kappa shape index (κ3) is 4.79. The van der Waals surface area contributed by atoms with Gasteiger partial charge in [-0.15, -0.1) is 11.8 Å². The first-order valence-electron chi connectivity index (χ1n) is 7.33. The van der Waals surface area contributed by atoms with Crippen LogP contribution in [0.3, 0.4) is 0 Å². The maximum absolute atomic E-state index is 13.6. The minimum Gasteiger partial charge on any atom is -0.323 e. The highest BCUT2D eigenvalue weighted by Crippen LogP contribution is 2.24. The quantitative estimate of drug-likeness (QED) is 0.471. The molecule has 0 saturated carbocycles. The average molecular weight is 348 g/mol. The highest BCUT2D eigenvalue weighted by atomic mass is 32.2. The summed E-state index contributed by atoms with van der Waals surface area (Å²) in [4.78, 5) is 22.9. The molecule has 2 aromatic carbocycles. The van der Waals surface area contributed by atoms with Crippen molar-refractivity contribution in [2.24, 2.45) is 0 Å². The van der Waals surface area contributed by atoms with Crippen molar-refractivity contribution < 1.29 is 14.1 Å². The highest BCUT2D eigenvalue weighted by molar-refractivity contribution is 8.00. The second kappa shape index (κ2) is 7.92. The van der Waals surface area contributed by atoms with Crippen molar-refractivity contribution in [2.75, 3.05) is 11.1 Å². The molecule has 0 unspecified atom stereocenters. The summed E-state index contributed by atoms with van der Waals surface area (Å²) in [7, 11) is 0. The highest BCUT2D eigenvalue weighted by Gasteiger charge is 2.13. The van der Waals surface area contributed by atoms with Crippen molar-refractivity contribution >= 4 is 29.0 Å². The lowest BCUT2D eigenvalue weighted by Gasteiger charge is -2.08. The molecule has 0 aliphatic rings. The van der Waals surface area contributed by atoms with Crippen molar-refractivity contribution in [3.05, 3.63) is 64.0 Å². The summed E-state index contributed by atoms with van der Waals surface area (Å²) >= 11 is 1.32. The van der Waals surface area contributed by atoms with Gasteiger partial charge in [0, 0.05) is 17.0 Å². The number of halogens is 1. The van der Waals surface area contributed by atoms with E-state index < -0.39 is 16.6 Å². The van der Waals surface area contributed by atoms with Gasteiger partial charge in [0.15, 0.2) is 0 Å². The predicted octanol–water partition coefficient (Wildman–Crippen LogP) is 4.59. The Bertz CT molecular complexity index is 748. The molecule has 0 spiro atoms. The smallest absolute Gasteiger partial charge is 0.271 e. The van der Waals surface area contributed by atoms with E-state index in [1.807, 2.05) is 24.3 Å². The van der Waals surface area contributed by atoms with Crippen molar-refractivity contribution in [3.8, 4) is 0 Å². The lowest BCUT2D eigenvalue weighted by Crippen LogP contribution is -2.15. The second-order valence-electron chi connectivity index (χ2n) is 5.48. The van der Waals surface area contributed by atoms with Gasteiger partial charge in [-0.3, -0.25) is 14.9 Å². The Balaban J connectivity index is 1.96. The SMILES string of the molecule is CC(C)c1ccc(SCC(=O)Nc2cc([N+](=O)[O-])ccc2F)cc1. The zero-order chi connectivity index (χ0) is 17.7. The predicted molar refractivity (Wildman–Crippen MR) is 92.9 cm³/mol. The number of carbonyl (C=O) groups is 1. The average Bonchev–Trinajstić information content (AvgIpc) is 2.55. The third-order valence-corrected chi connectivity index (χ3v) is 4.36. The van der Waals surface area contributed by atoms with E-state index in [0.717, 1.165) is 23.1 Å². The van der Waals surface area contributed by atoms with Crippen LogP contribution in [0.2, 0.25) is 0 Å². The number of rotatable bonds is 6. The molecular formula is C17H17FN2O3S. The van der Waals surface area contributed by atoms with E-state index in [0.29, 0.717) is 5.92 Å². The zero-order valence-electron chi connectivity index (χ0n) is 13.3. The van der Waals surface area contributed by atoms with E-state index in [1.165, 1.54) is 17.3 Å². The molecule has 0 saturated heterocycles. The molecule has 7 heteroatoms. The van der Waals surface area contributed by atoms with Gasteiger partial charge in [0.2, 0.25) is 5.91 Å². The monoisotopic (exact) mass is 348 g/mol. The number of hydrogen-bond donors (Lipinski definition) is 1. The number of benzene rings is 2. The summed E-state index contributed by atoms with van der Waals surface area (Å²) in [5.74, 6) is -0.611. The number of amides is 1. The Hall–Kier alpha value is -2.41. The van der Waals surface area contributed by atoms with Crippen LogP contribution in [-0.4, -0.2) is 16.6 Å². The molecular weight excluding hydrogens is 331 g/mol. The molecule has 2 aromatic rings. The minimum atomic E-state index is -0.708. The summed E-state index contributed by atoms with van der Waals surface area (Å²) in [6, 6.07) is 10.9. The number of anilines is 1. The molecule has 0 aliphatic heterocycles. The van der Waals surface area contributed by atoms with Crippen molar-refractivity contribution in [3.63, 3.8) is 0 Å². The molecule has 24 heavy (non-hydrogen) atoms. The Kier molecular flexibility index (Phi) is 5.92. The largest absolute Gasteiger partial charge is 0.323 e. The molecule has 2 rings (SSSR count). The van der Waals surface area contributed by atoms with Crippen LogP contribution < -0.4 is 5.32 Å². The minimum absolute atomic E-state index is 0.0865. The van der Waals surface area contributed by atoms with E-state index in [9.17, 15) is 19.3 Å². The second-order valence-corrected chi connectivity index (χ2v) is 6.53. The van der Waals surface area contributed by atoms with Crippen molar-refractivity contribution in [2.45, 2.75) is 24.7 Å².